The molecule has 0 aliphatic carbocycles. The van der Waals surface area contributed by atoms with E-state index in [0.717, 1.165) is 19.3 Å². The molecule has 0 saturated heterocycles. The van der Waals surface area contributed by atoms with Crippen molar-refractivity contribution in [2.75, 3.05) is 0 Å². The Bertz CT molecular complexity index is 4180. The summed E-state index contributed by atoms with van der Waals surface area (Å²) in [6, 6.07) is 71.0. The van der Waals surface area contributed by atoms with E-state index in [1.807, 2.05) is 0 Å². The second kappa shape index (κ2) is 11.7. The molecule has 0 amide bonds. The van der Waals surface area contributed by atoms with E-state index >= 15 is 0 Å². The van der Waals surface area contributed by atoms with Gasteiger partial charge < -0.3 is 13.7 Å². The van der Waals surface area contributed by atoms with Crippen LogP contribution in [0.5, 0.6) is 0 Å². The summed E-state index contributed by atoms with van der Waals surface area (Å²) in [5.74, 6) is 0. The van der Waals surface area contributed by atoms with Crippen LogP contribution in [0.2, 0.25) is 0 Å². The van der Waals surface area contributed by atoms with E-state index in [4.69, 9.17) is 0 Å². The Labute approximate surface area is 398 Å². The molecule has 0 fully saturated rings. The maximum absolute atomic E-state index is 2.76. The first-order valence-corrected chi connectivity index (χ1v) is 24.9. The Morgan fingerprint density at radius 1 is 0.246 bits per heavy atom. The smallest absolute Gasteiger partial charge is 0.247 e. The van der Waals surface area contributed by atoms with E-state index in [0.29, 0.717) is 0 Å². The molecule has 19 rings (SSSR count). The molecule has 3 aromatic heterocycles. The molecule has 3 nitrogen and oxygen atoms in total. The van der Waals surface area contributed by atoms with Crippen molar-refractivity contribution in [1.29, 1.82) is 0 Å². The number of hydrogen-bond donors (Lipinski definition) is 0. The predicted molar refractivity (Wildman–Crippen MR) is 291 cm³/mol. The average Bonchev–Trinajstić information content (AvgIpc) is 4.06. The number of rotatable bonds is 0. The maximum atomic E-state index is 2.76. The Morgan fingerprint density at radius 3 is 0.841 bits per heavy atom. The Morgan fingerprint density at radius 2 is 0.522 bits per heavy atom. The highest BCUT2D eigenvalue weighted by atomic mass is 15.1. The average molecular weight is 867 g/mol. The standard InChI is InChI=1S/C63H36B3N3/c1-4-16-43-34(13-1)31-37-25-28-40-52-61(67-49-22-10-7-19-46(49)64(43)55(37)58(40)67)53-41-29-26-38-32-35-14-3-6-18-45(35)66-48-21-9-12-24-51(48)69(59(41)56(38)66)63(53)54-42-30-27-39-33-36-15-2-5-17-44(36)65-47-20-8-11-23-50(47)68(62(52)54)60(42)57(39)65/h1-30H,31-33H2. The quantitative estimate of drug-likeness (QED) is 0.144. The second-order valence-electron chi connectivity index (χ2n) is 20.9. The zero-order valence-electron chi connectivity index (χ0n) is 37.5. The van der Waals surface area contributed by atoms with Gasteiger partial charge >= 0.3 is 0 Å². The van der Waals surface area contributed by atoms with E-state index < -0.39 is 0 Å². The molecule has 0 N–H and O–H groups in total. The lowest BCUT2D eigenvalue weighted by molar-refractivity contribution is 1.16. The van der Waals surface area contributed by atoms with Gasteiger partial charge in [-0.25, -0.2) is 0 Å². The van der Waals surface area contributed by atoms with Crippen LogP contribution in [0.1, 0.15) is 33.4 Å². The van der Waals surface area contributed by atoms with Crippen LogP contribution in [0, 0.1) is 0 Å². The third-order valence-corrected chi connectivity index (χ3v) is 18.1. The van der Waals surface area contributed by atoms with Crippen LogP contribution in [-0.4, -0.2) is 33.8 Å². The van der Waals surface area contributed by atoms with Crippen molar-refractivity contribution in [1.82, 2.24) is 13.7 Å². The van der Waals surface area contributed by atoms with E-state index in [1.165, 1.54) is 165 Å². The lowest BCUT2D eigenvalue weighted by atomic mass is 9.32. The monoisotopic (exact) mass is 867 g/mol. The molecule has 312 valence electrons. The van der Waals surface area contributed by atoms with Crippen molar-refractivity contribution in [3.8, 4) is 17.1 Å². The second-order valence-corrected chi connectivity index (χ2v) is 20.9. The van der Waals surface area contributed by atoms with E-state index in [-0.39, 0.29) is 20.1 Å². The molecular formula is C63H36B3N3. The molecule has 6 heteroatoms. The highest BCUT2D eigenvalue weighted by molar-refractivity contribution is 7.00. The van der Waals surface area contributed by atoms with Crippen molar-refractivity contribution in [3.63, 3.8) is 0 Å². The topological polar surface area (TPSA) is 14.8 Å². The first-order valence-electron chi connectivity index (χ1n) is 24.9. The SMILES string of the molecule is c1ccc2c(c1)Cc1ccc3c4c(c5c6ccc7c8c6n(c5c5c6ccc9c%10c6n(c45)-c4ccccc4B%10c4ccccc4C9)-c4ccccc4B8c4ccccc4C7)n4c3c1B2c1ccccc1-4. The Hall–Kier alpha value is -8.21. The van der Waals surface area contributed by atoms with E-state index in [2.05, 4.69) is 196 Å². The van der Waals surface area contributed by atoms with Crippen LogP contribution < -0.4 is 49.2 Å². The Kier molecular flexibility index (Phi) is 5.95. The number of nitrogens with zero attached hydrogens (tertiary/aromatic N) is 3. The normalized spacial score (nSPS) is 14.7. The van der Waals surface area contributed by atoms with Gasteiger partial charge in [0.05, 0.1) is 16.6 Å². The van der Waals surface area contributed by atoms with Crippen LogP contribution >= 0.6 is 0 Å². The minimum atomic E-state index is 0.161. The lowest BCUT2D eigenvalue weighted by Crippen LogP contribution is -2.60. The fourth-order valence-corrected chi connectivity index (χ4v) is 15.7. The molecule has 0 unspecified atom stereocenters. The number of aromatic nitrogens is 3. The zero-order chi connectivity index (χ0) is 44.1. The summed E-state index contributed by atoms with van der Waals surface area (Å²) in [6.45, 7) is 0.484. The first kappa shape index (κ1) is 35.0. The van der Waals surface area contributed by atoms with Crippen LogP contribution in [0.15, 0.2) is 182 Å². The maximum Gasteiger partial charge on any atom is 0.247 e. The third-order valence-electron chi connectivity index (χ3n) is 18.1. The van der Waals surface area contributed by atoms with Crippen LogP contribution in [0.25, 0.3) is 82.5 Å². The van der Waals surface area contributed by atoms with Crippen molar-refractivity contribution in [2.24, 2.45) is 0 Å². The van der Waals surface area contributed by atoms with Crippen molar-refractivity contribution < 1.29 is 0 Å². The minimum absolute atomic E-state index is 0.161. The van der Waals surface area contributed by atoms with Gasteiger partial charge in [0.25, 0.3) is 0 Å². The lowest BCUT2D eigenvalue weighted by Gasteiger charge is -2.33. The molecule has 10 aromatic carbocycles. The van der Waals surface area contributed by atoms with E-state index in [1.54, 1.807) is 0 Å². The van der Waals surface area contributed by atoms with Crippen molar-refractivity contribution in [3.05, 3.63) is 215 Å². The van der Waals surface area contributed by atoms with Gasteiger partial charge in [0.1, 0.15) is 0 Å². The molecule has 0 saturated carbocycles. The summed E-state index contributed by atoms with van der Waals surface area (Å²) < 4.78 is 8.29. The molecular weight excluding hydrogens is 831 g/mol. The molecule has 9 heterocycles. The molecule has 0 atom stereocenters. The van der Waals surface area contributed by atoms with Crippen molar-refractivity contribution in [2.45, 2.75) is 19.3 Å². The molecule has 0 bridgehead atoms. The fourth-order valence-electron chi connectivity index (χ4n) is 15.7. The van der Waals surface area contributed by atoms with Gasteiger partial charge in [-0.05, 0) is 104 Å². The number of hydrogen-bond acceptors (Lipinski definition) is 0. The summed E-state index contributed by atoms with van der Waals surface area (Å²) in [4.78, 5) is 0. The number of para-hydroxylation sites is 3. The summed E-state index contributed by atoms with van der Waals surface area (Å²) in [5.41, 5.74) is 33.7. The van der Waals surface area contributed by atoms with Crippen molar-refractivity contribution >= 4 is 135 Å². The summed E-state index contributed by atoms with van der Waals surface area (Å²) in [6.07, 6.45) is 2.83. The summed E-state index contributed by atoms with van der Waals surface area (Å²) >= 11 is 0. The minimum Gasteiger partial charge on any atom is -0.309 e. The fraction of sp³-hybridized carbons (Fsp3) is 0.0476. The van der Waals surface area contributed by atoms with Gasteiger partial charge in [-0.15, -0.1) is 0 Å². The molecule has 0 spiro atoms. The third kappa shape index (κ3) is 3.82. The van der Waals surface area contributed by atoms with Gasteiger partial charge in [-0.1, -0.05) is 180 Å². The van der Waals surface area contributed by atoms with Gasteiger partial charge in [0.15, 0.2) is 0 Å². The van der Waals surface area contributed by atoms with Crippen LogP contribution in [-0.2, 0) is 19.3 Å². The highest BCUT2D eigenvalue weighted by Gasteiger charge is 2.45. The first-order chi connectivity index (χ1) is 34.3. The van der Waals surface area contributed by atoms with Gasteiger partial charge in [0.2, 0.25) is 20.1 Å². The highest BCUT2D eigenvalue weighted by Crippen LogP contribution is 2.51. The largest absolute Gasteiger partial charge is 0.309 e. The summed E-state index contributed by atoms with van der Waals surface area (Å²) in [7, 11) is 0. The summed E-state index contributed by atoms with van der Waals surface area (Å²) in [5, 5.41) is 8.16. The van der Waals surface area contributed by atoms with Gasteiger partial charge in [-0.3, -0.25) is 0 Å². The van der Waals surface area contributed by atoms with Gasteiger partial charge in [0, 0.05) is 65.9 Å². The molecule has 69 heavy (non-hydrogen) atoms. The number of benzene rings is 10. The predicted octanol–water partition coefficient (Wildman–Crippen LogP) is 7.18. The Balaban J connectivity index is 1.12. The molecule has 0 radical (unpaired) electrons. The molecule has 6 aliphatic rings. The number of fused-ring (bicyclic) bond motifs is 27. The van der Waals surface area contributed by atoms with Gasteiger partial charge in [-0.2, -0.15) is 0 Å². The molecule has 13 aromatic rings. The van der Waals surface area contributed by atoms with Crippen LogP contribution in [0.4, 0.5) is 0 Å². The van der Waals surface area contributed by atoms with E-state index in [9.17, 15) is 0 Å². The zero-order valence-corrected chi connectivity index (χ0v) is 37.5. The molecule has 6 aliphatic heterocycles. The van der Waals surface area contributed by atoms with Crippen LogP contribution in [0.3, 0.4) is 0 Å².